The zero-order valence-electron chi connectivity index (χ0n) is 13.1. The molecule has 0 saturated carbocycles. The third-order valence-electron chi connectivity index (χ3n) is 3.81. The van der Waals surface area contributed by atoms with Crippen LogP contribution in [-0.2, 0) is 0 Å². The van der Waals surface area contributed by atoms with Crippen molar-refractivity contribution in [2.75, 3.05) is 6.61 Å². The summed E-state index contributed by atoms with van der Waals surface area (Å²) in [4.78, 5) is 12.0. The van der Waals surface area contributed by atoms with Crippen molar-refractivity contribution in [2.45, 2.75) is 20.8 Å². The number of rotatable bonds is 3. The molecule has 1 heterocycles. The molecule has 3 nitrogen and oxygen atoms in total. The van der Waals surface area contributed by atoms with E-state index in [1.165, 1.54) is 0 Å². The van der Waals surface area contributed by atoms with E-state index in [9.17, 15) is 4.79 Å². The quantitative estimate of drug-likeness (QED) is 0.702. The van der Waals surface area contributed by atoms with Gasteiger partial charge in [0.25, 0.3) is 0 Å². The maximum atomic E-state index is 12.0. The monoisotopic (exact) mass is 293 g/mol. The summed E-state index contributed by atoms with van der Waals surface area (Å²) in [5, 5.41) is 1.10. The van der Waals surface area contributed by atoms with Crippen LogP contribution in [0, 0.1) is 6.92 Å². The first-order valence-corrected chi connectivity index (χ1v) is 7.46. The molecule has 3 rings (SSSR count). The van der Waals surface area contributed by atoms with E-state index in [2.05, 4.69) is 19.1 Å². The van der Waals surface area contributed by atoms with Gasteiger partial charge in [-0.3, -0.25) is 9.36 Å². The Morgan fingerprint density at radius 2 is 1.91 bits per heavy atom. The minimum atomic E-state index is 0.000213. The van der Waals surface area contributed by atoms with Gasteiger partial charge in [0.15, 0.2) is 0 Å². The highest BCUT2D eigenvalue weighted by molar-refractivity contribution is 6.03. The van der Waals surface area contributed by atoms with Crippen molar-refractivity contribution in [3.8, 4) is 16.9 Å². The van der Waals surface area contributed by atoms with E-state index in [1.807, 2.05) is 43.5 Å². The molecule has 0 radical (unpaired) electrons. The zero-order valence-corrected chi connectivity index (χ0v) is 13.1. The summed E-state index contributed by atoms with van der Waals surface area (Å²) in [6, 6.07) is 14.1. The van der Waals surface area contributed by atoms with Crippen molar-refractivity contribution >= 4 is 16.8 Å². The van der Waals surface area contributed by atoms with Crippen molar-refractivity contribution in [1.82, 2.24) is 4.57 Å². The standard InChI is InChI=1S/C19H19NO2/c1-4-22-16-10-13(2)19-17(15-8-6-5-7-9-15)12-20(14(3)21)18(19)11-16/h5-12H,4H2,1-3H3. The van der Waals surface area contributed by atoms with E-state index in [4.69, 9.17) is 4.74 Å². The van der Waals surface area contributed by atoms with Crippen LogP contribution in [0.15, 0.2) is 48.7 Å². The predicted molar refractivity (Wildman–Crippen MR) is 89.6 cm³/mol. The summed E-state index contributed by atoms with van der Waals surface area (Å²) in [7, 11) is 0. The topological polar surface area (TPSA) is 31.2 Å². The number of hydrogen-bond acceptors (Lipinski definition) is 2. The molecule has 112 valence electrons. The fourth-order valence-corrected chi connectivity index (χ4v) is 2.89. The molecule has 1 aromatic heterocycles. The number of carbonyl (C=O) groups is 1. The number of aromatic nitrogens is 1. The normalized spacial score (nSPS) is 10.9. The van der Waals surface area contributed by atoms with Crippen LogP contribution in [0.1, 0.15) is 24.2 Å². The number of aryl methyl sites for hydroxylation is 1. The second-order valence-electron chi connectivity index (χ2n) is 5.37. The molecule has 0 N–H and O–H groups in total. The lowest BCUT2D eigenvalue weighted by atomic mass is 10.0. The average molecular weight is 293 g/mol. The van der Waals surface area contributed by atoms with Crippen molar-refractivity contribution in [2.24, 2.45) is 0 Å². The van der Waals surface area contributed by atoms with Gasteiger partial charge in [0.05, 0.1) is 12.1 Å². The Labute approximate surface area is 130 Å². The van der Waals surface area contributed by atoms with Crippen LogP contribution in [-0.4, -0.2) is 17.1 Å². The number of carbonyl (C=O) groups excluding carboxylic acids is 1. The van der Waals surface area contributed by atoms with Gasteiger partial charge in [0, 0.05) is 30.1 Å². The van der Waals surface area contributed by atoms with E-state index >= 15 is 0 Å². The van der Waals surface area contributed by atoms with E-state index in [0.717, 1.165) is 33.3 Å². The van der Waals surface area contributed by atoms with Crippen LogP contribution in [0.2, 0.25) is 0 Å². The van der Waals surface area contributed by atoms with Gasteiger partial charge in [-0.1, -0.05) is 30.3 Å². The average Bonchev–Trinajstić information content (AvgIpc) is 2.89. The molecule has 0 atom stereocenters. The Morgan fingerprint density at radius 1 is 1.18 bits per heavy atom. The Balaban J connectivity index is 2.33. The summed E-state index contributed by atoms with van der Waals surface area (Å²) < 4.78 is 7.32. The molecule has 0 aliphatic heterocycles. The van der Waals surface area contributed by atoms with Crippen LogP contribution in [0.5, 0.6) is 5.75 Å². The van der Waals surface area contributed by atoms with Gasteiger partial charge in [0.1, 0.15) is 5.75 Å². The van der Waals surface area contributed by atoms with Crippen LogP contribution in [0.25, 0.3) is 22.0 Å². The molecule has 0 fully saturated rings. The highest BCUT2D eigenvalue weighted by atomic mass is 16.5. The number of ether oxygens (including phenoxy) is 1. The lowest BCUT2D eigenvalue weighted by Crippen LogP contribution is -2.03. The maximum absolute atomic E-state index is 12.0. The molecule has 0 aliphatic carbocycles. The number of fused-ring (bicyclic) bond motifs is 1. The third kappa shape index (κ3) is 2.39. The van der Waals surface area contributed by atoms with Crippen molar-refractivity contribution in [3.63, 3.8) is 0 Å². The lowest BCUT2D eigenvalue weighted by Gasteiger charge is -2.08. The molecule has 0 unspecified atom stereocenters. The Bertz CT molecular complexity index is 832. The van der Waals surface area contributed by atoms with Gasteiger partial charge in [-0.2, -0.15) is 0 Å². The molecule has 3 aromatic rings. The van der Waals surface area contributed by atoms with Crippen LogP contribution >= 0.6 is 0 Å². The van der Waals surface area contributed by atoms with Gasteiger partial charge in [-0.15, -0.1) is 0 Å². The smallest absolute Gasteiger partial charge is 0.227 e. The van der Waals surface area contributed by atoms with Gasteiger partial charge in [0.2, 0.25) is 5.91 Å². The van der Waals surface area contributed by atoms with Crippen molar-refractivity contribution < 1.29 is 9.53 Å². The molecular formula is C19H19NO2. The minimum absolute atomic E-state index is 0.000213. The maximum Gasteiger partial charge on any atom is 0.227 e. The van der Waals surface area contributed by atoms with E-state index < -0.39 is 0 Å². The number of benzene rings is 2. The molecule has 2 aromatic carbocycles. The molecule has 0 spiro atoms. The molecule has 3 heteroatoms. The SMILES string of the molecule is CCOc1cc(C)c2c(-c3ccccc3)cn(C(C)=O)c2c1. The summed E-state index contributed by atoms with van der Waals surface area (Å²) in [5.41, 5.74) is 4.20. The van der Waals surface area contributed by atoms with Gasteiger partial charge in [-0.05, 0) is 31.0 Å². The molecule has 0 aliphatic rings. The van der Waals surface area contributed by atoms with E-state index in [-0.39, 0.29) is 5.91 Å². The van der Waals surface area contributed by atoms with Crippen molar-refractivity contribution in [1.29, 1.82) is 0 Å². The van der Waals surface area contributed by atoms with Gasteiger partial charge < -0.3 is 4.74 Å². The van der Waals surface area contributed by atoms with Crippen LogP contribution in [0.4, 0.5) is 0 Å². The summed E-state index contributed by atoms with van der Waals surface area (Å²) in [5.74, 6) is 0.799. The minimum Gasteiger partial charge on any atom is -0.494 e. The number of nitrogens with zero attached hydrogens (tertiary/aromatic N) is 1. The van der Waals surface area contributed by atoms with E-state index in [0.29, 0.717) is 6.61 Å². The molecule has 0 amide bonds. The highest BCUT2D eigenvalue weighted by Crippen LogP contribution is 2.35. The predicted octanol–water partition coefficient (Wildman–Crippen LogP) is 4.68. The first-order valence-electron chi connectivity index (χ1n) is 7.46. The number of hydrogen-bond donors (Lipinski definition) is 0. The Morgan fingerprint density at radius 3 is 2.55 bits per heavy atom. The van der Waals surface area contributed by atoms with Crippen LogP contribution in [0.3, 0.4) is 0 Å². The first kappa shape index (κ1) is 14.4. The molecule has 22 heavy (non-hydrogen) atoms. The Kier molecular flexibility index (Phi) is 3.72. The highest BCUT2D eigenvalue weighted by Gasteiger charge is 2.15. The second kappa shape index (κ2) is 5.68. The van der Waals surface area contributed by atoms with Gasteiger partial charge in [-0.25, -0.2) is 0 Å². The van der Waals surface area contributed by atoms with Gasteiger partial charge >= 0.3 is 0 Å². The third-order valence-corrected chi connectivity index (χ3v) is 3.81. The molecule has 0 saturated heterocycles. The summed E-state index contributed by atoms with van der Waals surface area (Å²) in [6.07, 6.45) is 1.92. The summed E-state index contributed by atoms with van der Waals surface area (Å²) >= 11 is 0. The first-order chi connectivity index (χ1) is 10.6. The molecular weight excluding hydrogens is 274 g/mol. The molecule has 0 bridgehead atoms. The largest absolute Gasteiger partial charge is 0.494 e. The van der Waals surface area contributed by atoms with E-state index in [1.54, 1.807) is 11.5 Å². The second-order valence-corrected chi connectivity index (χ2v) is 5.37. The van der Waals surface area contributed by atoms with Crippen LogP contribution < -0.4 is 4.74 Å². The zero-order chi connectivity index (χ0) is 15.7. The fourth-order valence-electron chi connectivity index (χ4n) is 2.89. The fraction of sp³-hybridized carbons (Fsp3) is 0.211. The van der Waals surface area contributed by atoms with Crippen molar-refractivity contribution in [3.05, 3.63) is 54.2 Å². The lowest BCUT2D eigenvalue weighted by molar-refractivity contribution is 0.0942. The Hall–Kier alpha value is -2.55. The summed E-state index contributed by atoms with van der Waals surface area (Å²) in [6.45, 7) is 6.20.